The average Bonchev–Trinajstić information content (AvgIpc) is 2.46. The molecular formula is C16H28N2O5. The summed E-state index contributed by atoms with van der Waals surface area (Å²) in [6.07, 6.45) is 1.51. The first-order valence-electron chi connectivity index (χ1n) is 8.29. The second-order valence-electron chi connectivity index (χ2n) is 7.33. The van der Waals surface area contributed by atoms with E-state index in [0.717, 1.165) is 32.6 Å². The highest BCUT2D eigenvalue weighted by Crippen LogP contribution is 2.21. The number of carbonyl (C=O) groups is 2. The largest absolute Gasteiger partial charge is 0.480 e. The van der Waals surface area contributed by atoms with Crippen LogP contribution in [0.15, 0.2) is 0 Å². The van der Waals surface area contributed by atoms with E-state index in [0.29, 0.717) is 19.0 Å². The van der Waals surface area contributed by atoms with E-state index in [9.17, 15) is 14.7 Å². The number of carboxylic acids is 1. The number of rotatable bonds is 3. The molecule has 0 aromatic rings. The lowest BCUT2D eigenvalue weighted by Gasteiger charge is -2.41. The van der Waals surface area contributed by atoms with Crippen molar-refractivity contribution in [3.63, 3.8) is 0 Å². The molecule has 2 aliphatic heterocycles. The van der Waals surface area contributed by atoms with Gasteiger partial charge in [-0.2, -0.15) is 0 Å². The predicted octanol–water partition coefficient (Wildman–Crippen LogP) is 1.42. The molecular weight excluding hydrogens is 300 g/mol. The van der Waals surface area contributed by atoms with Crippen LogP contribution in [0.4, 0.5) is 4.79 Å². The van der Waals surface area contributed by atoms with Crippen LogP contribution in [0.25, 0.3) is 0 Å². The minimum atomic E-state index is -0.884. The van der Waals surface area contributed by atoms with Crippen LogP contribution in [0.5, 0.6) is 0 Å². The van der Waals surface area contributed by atoms with Crippen molar-refractivity contribution in [1.29, 1.82) is 0 Å². The van der Waals surface area contributed by atoms with Gasteiger partial charge in [0.2, 0.25) is 0 Å². The molecule has 2 rings (SSSR count). The molecule has 2 fully saturated rings. The van der Waals surface area contributed by atoms with E-state index in [-0.39, 0.29) is 6.54 Å². The number of hydrogen-bond donors (Lipinski definition) is 1. The van der Waals surface area contributed by atoms with Crippen LogP contribution in [0, 0.1) is 5.92 Å². The van der Waals surface area contributed by atoms with Gasteiger partial charge in [-0.1, -0.05) is 0 Å². The third-order valence-corrected chi connectivity index (χ3v) is 4.26. The Hall–Kier alpha value is -1.34. The van der Waals surface area contributed by atoms with E-state index >= 15 is 0 Å². The van der Waals surface area contributed by atoms with Crippen molar-refractivity contribution < 1.29 is 24.2 Å². The molecule has 0 aromatic heterocycles. The monoisotopic (exact) mass is 328 g/mol. The summed E-state index contributed by atoms with van der Waals surface area (Å²) < 4.78 is 10.7. The second-order valence-corrected chi connectivity index (χ2v) is 7.33. The van der Waals surface area contributed by atoms with Gasteiger partial charge in [-0.15, -0.1) is 0 Å². The maximum atomic E-state index is 12.2. The Morgan fingerprint density at radius 2 is 1.87 bits per heavy atom. The van der Waals surface area contributed by atoms with Gasteiger partial charge >= 0.3 is 12.1 Å². The van der Waals surface area contributed by atoms with Crippen molar-refractivity contribution in [1.82, 2.24) is 9.80 Å². The average molecular weight is 328 g/mol. The molecule has 2 heterocycles. The zero-order valence-electron chi connectivity index (χ0n) is 14.3. The molecule has 23 heavy (non-hydrogen) atoms. The number of aliphatic carboxylic acids is 1. The molecule has 1 amide bonds. The minimum absolute atomic E-state index is 0.174. The lowest BCUT2D eigenvalue weighted by molar-refractivity contribution is -0.146. The highest BCUT2D eigenvalue weighted by Gasteiger charge is 2.36. The first-order chi connectivity index (χ1) is 10.8. The van der Waals surface area contributed by atoms with Crippen molar-refractivity contribution in [2.45, 2.75) is 45.3 Å². The van der Waals surface area contributed by atoms with Crippen LogP contribution < -0.4 is 0 Å². The number of piperazine rings is 1. The zero-order chi connectivity index (χ0) is 17.0. The number of carbonyl (C=O) groups excluding carboxylic acids is 1. The molecule has 1 N–H and O–H groups in total. The van der Waals surface area contributed by atoms with Crippen LogP contribution >= 0.6 is 0 Å². The number of ether oxygens (including phenoxy) is 2. The van der Waals surface area contributed by atoms with Gasteiger partial charge in [0.25, 0.3) is 0 Å². The van der Waals surface area contributed by atoms with E-state index < -0.39 is 23.7 Å². The number of amides is 1. The van der Waals surface area contributed by atoms with Crippen molar-refractivity contribution in [3.8, 4) is 0 Å². The van der Waals surface area contributed by atoms with Gasteiger partial charge in [0.05, 0.1) is 6.54 Å². The quantitative estimate of drug-likeness (QED) is 0.844. The van der Waals surface area contributed by atoms with Gasteiger partial charge < -0.3 is 19.5 Å². The first-order valence-corrected chi connectivity index (χ1v) is 8.29. The molecule has 2 saturated heterocycles. The molecule has 0 unspecified atom stereocenters. The molecule has 7 nitrogen and oxygen atoms in total. The van der Waals surface area contributed by atoms with Gasteiger partial charge in [-0.25, -0.2) is 4.79 Å². The van der Waals surface area contributed by atoms with E-state index in [4.69, 9.17) is 9.47 Å². The third-order valence-electron chi connectivity index (χ3n) is 4.26. The lowest BCUT2D eigenvalue weighted by atomic mass is 9.98. The van der Waals surface area contributed by atoms with E-state index in [1.165, 1.54) is 4.90 Å². The second kappa shape index (κ2) is 7.49. The smallest absolute Gasteiger partial charge is 0.410 e. The third kappa shape index (κ3) is 5.35. The molecule has 0 bridgehead atoms. The number of carboxylic acid groups (broad SMARTS) is 1. The SMILES string of the molecule is CC(C)(C)OC(=O)N1CCN(CC2CCOCC2)[C@H](C(=O)O)C1. The van der Waals surface area contributed by atoms with E-state index in [1.807, 2.05) is 4.90 Å². The fourth-order valence-corrected chi connectivity index (χ4v) is 3.03. The highest BCUT2D eigenvalue weighted by atomic mass is 16.6. The molecule has 0 spiro atoms. The van der Waals surface area contributed by atoms with Crippen molar-refractivity contribution in [2.75, 3.05) is 39.4 Å². The molecule has 0 saturated carbocycles. The van der Waals surface area contributed by atoms with Crippen molar-refractivity contribution in [2.24, 2.45) is 5.92 Å². The minimum Gasteiger partial charge on any atom is -0.480 e. The Balaban J connectivity index is 1.94. The van der Waals surface area contributed by atoms with Gasteiger partial charge in [-0.05, 0) is 39.5 Å². The maximum Gasteiger partial charge on any atom is 0.410 e. The van der Waals surface area contributed by atoms with Crippen LogP contribution in [0.1, 0.15) is 33.6 Å². The maximum absolute atomic E-state index is 12.2. The van der Waals surface area contributed by atoms with Crippen molar-refractivity contribution in [3.05, 3.63) is 0 Å². The summed E-state index contributed by atoms with van der Waals surface area (Å²) in [4.78, 5) is 27.3. The molecule has 2 aliphatic rings. The summed E-state index contributed by atoms with van der Waals surface area (Å²) in [6.45, 7) is 8.91. The summed E-state index contributed by atoms with van der Waals surface area (Å²) in [7, 11) is 0. The van der Waals surface area contributed by atoms with Crippen molar-refractivity contribution >= 4 is 12.1 Å². The normalized spacial score (nSPS) is 24.5. The standard InChI is InChI=1S/C16H28N2O5/c1-16(2,3)23-15(21)18-7-6-17(13(11-18)14(19)20)10-12-4-8-22-9-5-12/h12-13H,4-11H2,1-3H3,(H,19,20)/t13-/m0/s1. The number of nitrogens with zero attached hydrogens (tertiary/aromatic N) is 2. The van der Waals surface area contributed by atoms with Crippen LogP contribution in [0.3, 0.4) is 0 Å². The number of hydrogen-bond acceptors (Lipinski definition) is 5. The van der Waals surface area contributed by atoms with Crippen LogP contribution in [-0.2, 0) is 14.3 Å². The van der Waals surface area contributed by atoms with Gasteiger partial charge in [0.15, 0.2) is 0 Å². The van der Waals surface area contributed by atoms with Gasteiger partial charge in [-0.3, -0.25) is 9.69 Å². The summed E-state index contributed by atoms with van der Waals surface area (Å²) in [5.74, 6) is -0.413. The van der Waals surface area contributed by atoms with Crippen LogP contribution in [-0.4, -0.2) is 78.0 Å². The Morgan fingerprint density at radius 3 is 2.43 bits per heavy atom. The Morgan fingerprint density at radius 1 is 1.22 bits per heavy atom. The molecule has 1 atom stereocenters. The van der Waals surface area contributed by atoms with Crippen LogP contribution in [0.2, 0.25) is 0 Å². The van der Waals surface area contributed by atoms with Gasteiger partial charge in [0, 0.05) is 32.8 Å². The van der Waals surface area contributed by atoms with Gasteiger partial charge in [0.1, 0.15) is 11.6 Å². The summed E-state index contributed by atoms with van der Waals surface area (Å²) in [5, 5.41) is 9.53. The Bertz CT molecular complexity index is 429. The summed E-state index contributed by atoms with van der Waals surface area (Å²) >= 11 is 0. The summed E-state index contributed by atoms with van der Waals surface area (Å²) in [5.41, 5.74) is -0.574. The summed E-state index contributed by atoms with van der Waals surface area (Å²) in [6, 6.07) is -0.667. The zero-order valence-corrected chi connectivity index (χ0v) is 14.3. The fraction of sp³-hybridized carbons (Fsp3) is 0.875. The Kier molecular flexibility index (Phi) is 5.86. The van der Waals surface area contributed by atoms with E-state index in [2.05, 4.69) is 0 Å². The molecule has 0 aliphatic carbocycles. The highest BCUT2D eigenvalue weighted by molar-refractivity contribution is 5.76. The fourth-order valence-electron chi connectivity index (χ4n) is 3.03. The molecule has 132 valence electrons. The molecule has 7 heteroatoms. The lowest BCUT2D eigenvalue weighted by Crippen LogP contribution is -2.59. The first kappa shape index (κ1) is 18.0. The predicted molar refractivity (Wildman–Crippen MR) is 84.3 cm³/mol. The van der Waals surface area contributed by atoms with E-state index in [1.54, 1.807) is 20.8 Å². The topological polar surface area (TPSA) is 79.3 Å². The molecule has 0 aromatic carbocycles. The Labute approximate surface area is 137 Å². The molecule has 0 radical (unpaired) electrons.